The molecule has 3 nitrogen and oxygen atoms in total. The lowest BCUT2D eigenvalue weighted by atomic mass is 10.0. The fraction of sp³-hybridized carbons (Fsp3) is 0.643. The van der Waals surface area contributed by atoms with E-state index in [1.54, 1.807) is 12.4 Å². The minimum atomic E-state index is 0.516. The Morgan fingerprint density at radius 3 is 2.71 bits per heavy atom. The molecule has 94 valence electrons. The van der Waals surface area contributed by atoms with Crippen molar-refractivity contribution < 1.29 is 4.74 Å². The number of aromatic nitrogens is 1. The minimum absolute atomic E-state index is 0.516. The lowest BCUT2D eigenvalue weighted by molar-refractivity contribution is 0.231. The van der Waals surface area contributed by atoms with E-state index in [2.05, 4.69) is 4.98 Å². The first kappa shape index (κ1) is 12.4. The Kier molecular flexibility index (Phi) is 4.80. The van der Waals surface area contributed by atoms with Crippen molar-refractivity contribution >= 4 is 0 Å². The van der Waals surface area contributed by atoms with Gasteiger partial charge in [0.1, 0.15) is 5.75 Å². The minimum Gasteiger partial charge on any atom is -0.491 e. The van der Waals surface area contributed by atoms with Crippen LogP contribution in [0.1, 0.15) is 44.1 Å². The van der Waals surface area contributed by atoms with Crippen molar-refractivity contribution in [3.63, 3.8) is 0 Å². The quantitative estimate of drug-likeness (QED) is 0.815. The molecule has 0 unspecified atom stereocenters. The third kappa shape index (κ3) is 3.70. The van der Waals surface area contributed by atoms with Gasteiger partial charge < -0.3 is 10.5 Å². The molecule has 0 bridgehead atoms. The van der Waals surface area contributed by atoms with Gasteiger partial charge in [-0.05, 0) is 24.8 Å². The predicted molar refractivity (Wildman–Crippen MR) is 68.8 cm³/mol. The topological polar surface area (TPSA) is 48.1 Å². The summed E-state index contributed by atoms with van der Waals surface area (Å²) in [6.45, 7) is 1.33. The largest absolute Gasteiger partial charge is 0.491 e. The Balaban J connectivity index is 1.87. The van der Waals surface area contributed by atoms with Crippen molar-refractivity contribution in [2.75, 3.05) is 6.61 Å². The number of nitrogens with zero attached hydrogens (tertiary/aromatic N) is 1. The molecule has 0 aromatic carbocycles. The van der Waals surface area contributed by atoms with Crippen LogP contribution < -0.4 is 10.5 Å². The van der Waals surface area contributed by atoms with E-state index in [4.69, 9.17) is 10.5 Å². The zero-order valence-electron chi connectivity index (χ0n) is 10.4. The standard InChI is InChI=1S/C14H22N2O/c15-9-13-7-8-16-10-14(13)17-11-12-5-3-1-2-4-6-12/h7-8,10,12H,1-6,9,11,15H2. The fourth-order valence-electron chi connectivity index (χ4n) is 2.45. The van der Waals surface area contributed by atoms with Gasteiger partial charge in [0, 0.05) is 18.3 Å². The number of pyridine rings is 1. The Morgan fingerprint density at radius 2 is 2.00 bits per heavy atom. The molecule has 0 aliphatic heterocycles. The lowest BCUT2D eigenvalue weighted by Gasteiger charge is -2.16. The van der Waals surface area contributed by atoms with Crippen LogP contribution in [0.15, 0.2) is 18.5 Å². The van der Waals surface area contributed by atoms with Gasteiger partial charge in [0.25, 0.3) is 0 Å². The molecular formula is C14H22N2O. The molecule has 0 amide bonds. The van der Waals surface area contributed by atoms with Gasteiger partial charge in [-0.15, -0.1) is 0 Å². The lowest BCUT2D eigenvalue weighted by Crippen LogP contribution is -2.13. The average Bonchev–Trinajstić information content (AvgIpc) is 2.65. The van der Waals surface area contributed by atoms with Crippen LogP contribution in [-0.2, 0) is 6.54 Å². The summed E-state index contributed by atoms with van der Waals surface area (Å²) in [6, 6.07) is 1.93. The van der Waals surface area contributed by atoms with Gasteiger partial charge in [-0.25, -0.2) is 0 Å². The molecule has 0 atom stereocenters. The van der Waals surface area contributed by atoms with Crippen LogP contribution in [0.4, 0.5) is 0 Å². The maximum Gasteiger partial charge on any atom is 0.142 e. The van der Waals surface area contributed by atoms with Crippen molar-refractivity contribution in [1.82, 2.24) is 4.98 Å². The van der Waals surface area contributed by atoms with Gasteiger partial charge >= 0.3 is 0 Å². The van der Waals surface area contributed by atoms with E-state index in [1.165, 1.54) is 38.5 Å². The van der Waals surface area contributed by atoms with Crippen LogP contribution in [0.5, 0.6) is 5.75 Å². The number of hydrogen-bond donors (Lipinski definition) is 1. The van der Waals surface area contributed by atoms with Gasteiger partial charge in [0.15, 0.2) is 0 Å². The molecule has 17 heavy (non-hydrogen) atoms. The highest BCUT2D eigenvalue weighted by atomic mass is 16.5. The second kappa shape index (κ2) is 6.60. The Labute approximate surface area is 103 Å². The number of nitrogens with two attached hydrogens (primary N) is 1. The van der Waals surface area contributed by atoms with Crippen molar-refractivity contribution in [2.45, 2.75) is 45.1 Å². The molecule has 3 heteroatoms. The number of hydrogen-bond acceptors (Lipinski definition) is 3. The molecule has 1 heterocycles. The van der Waals surface area contributed by atoms with Crippen LogP contribution in [-0.4, -0.2) is 11.6 Å². The van der Waals surface area contributed by atoms with E-state index in [0.717, 1.165) is 17.9 Å². The molecule has 1 fully saturated rings. The summed E-state index contributed by atoms with van der Waals surface area (Å²) >= 11 is 0. The second-order valence-electron chi connectivity index (χ2n) is 4.86. The molecule has 0 spiro atoms. The summed E-state index contributed by atoms with van der Waals surface area (Å²) in [5.41, 5.74) is 6.73. The van der Waals surface area contributed by atoms with Crippen molar-refractivity contribution in [2.24, 2.45) is 11.7 Å². The SMILES string of the molecule is NCc1ccncc1OCC1CCCCCC1. The molecule has 0 radical (unpaired) electrons. The molecular weight excluding hydrogens is 212 g/mol. The third-order valence-corrected chi connectivity index (χ3v) is 3.54. The van der Waals surface area contributed by atoms with Crippen molar-refractivity contribution in [3.8, 4) is 5.75 Å². The predicted octanol–water partition coefficient (Wildman–Crippen LogP) is 2.89. The van der Waals surface area contributed by atoms with E-state index >= 15 is 0 Å². The van der Waals surface area contributed by atoms with Crippen LogP contribution in [0, 0.1) is 5.92 Å². The molecule has 1 aliphatic rings. The highest BCUT2D eigenvalue weighted by Gasteiger charge is 2.13. The summed E-state index contributed by atoms with van der Waals surface area (Å²) < 4.78 is 5.88. The summed E-state index contributed by atoms with van der Waals surface area (Å²) in [7, 11) is 0. The number of rotatable bonds is 4. The summed E-state index contributed by atoms with van der Waals surface area (Å²) in [4.78, 5) is 4.09. The first-order chi connectivity index (χ1) is 8.40. The van der Waals surface area contributed by atoms with Gasteiger partial charge in [0.05, 0.1) is 12.8 Å². The first-order valence-corrected chi connectivity index (χ1v) is 6.66. The maximum atomic E-state index is 5.88. The Morgan fingerprint density at radius 1 is 1.24 bits per heavy atom. The molecule has 1 aromatic heterocycles. The second-order valence-corrected chi connectivity index (χ2v) is 4.86. The zero-order valence-corrected chi connectivity index (χ0v) is 10.4. The van der Waals surface area contributed by atoms with Crippen molar-refractivity contribution in [1.29, 1.82) is 0 Å². The molecule has 1 saturated carbocycles. The average molecular weight is 234 g/mol. The van der Waals surface area contributed by atoms with E-state index in [0.29, 0.717) is 12.5 Å². The Bertz CT molecular complexity index is 333. The highest BCUT2D eigenvalue weighted by Crippen LogP contribution is 2.24. The molecule has 1 aliphatic carbocycles. The van der Waals surface area contributed by atoms with E-state index < -0.39 is 0 Å². The summed E-state index contributed by atoms with van der Waals surface area (Å²) in [5, 5.41) is 0. The summed E-state index contributed by atoms with van der Waals surface area (Å²) in [5.74, 6) is 1.57. The molecule has 2 rings (SSSR count). The van der Waals surface area contributed by atoms with Gasteiger partial charge in [-0.2, -0.15) is 0 Å². The van der Waals surface area contributed by atoms with Gasteiger partial charge in [0.2, 0.25) is 0 Å². The van der Waals surface area contributed by atoms with E-state index in [-0.39, 0.29) is 0 Å². The fourth-order valence-corrected chi connectivity index (χ4v) is 2.45. The van der Waals surface area contributed by atoms with E-state index in [1.807, 2.05) is 6.07 Å². The zero-order chi connectivity index (χ0) is 11.9. The molecule has 2 N–H and O–H groups in total. The van der Waals surface area contributed by atoms with Crippen LogP contribution in [0.25, 0.3) is 0 Å². The smallest absolute Gasteiger partial charge is 0.142 e. The van der Waals surface area contributed by atoms with Crippen LogP contribution >= 0.6 is 0 Å². The molecule has 0 saturated heterocycles. The highest BCUT2D eigenvalue weighted by molar-refractivity contribution is 5.29. The third-order valence-electron chi connectivity index (χ3n) is 3.54. The van der Waals surface area contributed by atoms with Gasteiger partial charge in [-0.1, -0.05) is 25.7 Å². The molecule has 1 aromatic rings. The van der Waals surface area contributed by atoms with Gasteiger partial charge in [-0.3, -0.25) is 4.98 Å². The summed E-state index contributed by atoms with van der Waals surface area (Å²) in [6.07, 6.45) is 11.6. The number of ether oxygens (including phenoxy) is 1. The van der Waals surface area contributed by atoms with Crippen LogP contribution in [0.3, 0.4) is 0 Å². The normalized spacial score (nSPS) is 17.7. The van der Waals surface area contributed by atoms with E-state index in [9.17, 15) is 0 Å². The monoisotopic (exact) mass is 234 g/mol. The van der Waals surface area contributed by atoms with Crippen molar-refractivity contribution in [3.05, 3.63) is 24.0 Å². The maximum absolute atomic E-state index is 5.88. The first-order valence-electron chi connectivity index (χ1n) is 6.66. The Hall–Kier alpha value is -1.09. The van der Waals surface area contributed by atoms with Crippen LogP contribution in [0.2, 0.25) is 0 Å².